The van der Waals surface area contributed by atoms with Gasteiger partial charge in [-0.1, -0.05) is 37.6 Å². The maximum Gasteiger partial charge on any atom is 0.201 e. The van der Waals surface area contributed by atoms with Crippen molar-refractivity contribution in [3.05, 3.63) is 53.6 Å². The Morgan fingerprint density at radius 1 is 0.962 bits per heavy atom. The fourth-order valence-electron chi connectivity index (χ4n) is 3.15. The van der Waals surface area contributed by atoms with Crippen LogP contribution in [0.25, 0.3) is 11.1 Å². The van der Waals surface area contributed by atoms with Crippen molar-refractivity contribution in [3.8, 4) is 16.9 Å². The fraction of sp³-hybridized carbons (Fsp3) is 0.429. The van der Waals surface area contributed by atoms with Gasteiger partial charge < -0.3 is 14.2 Å². The van der Waals surface area contributed by atoms with Gasteiger partial charge in [-0.25, -0.2) is 4.39 Å². The van der Waals surface area contributed by atoms with Crippen LogP contribution in [0.4, 0.5) is 8.78 Å². The van der Waals surface area contributed by atoms with Gasteiger partial charge in [-0.05, 0) is 31.0 Å². The normalized spacial score (nSPS) is 20.2. The SMILES string of the molecule is CCCC1COC(c2ccc(-c3ccc(OCC)c(F)c3F)cc2)OC1. The first-order valence-electron chi connectivity index (χ1n) is 9.08. The standard InChI is InChI=1S/C21H24F2O3/c1-3-5-14-12-25-21(26-13-14)16-8-6-15(7-9-16)17-10-11-18(24-4-2)20(23)19(17)22/h6-11,14,21H,3-5,12-13H2,1-2H3. The predicted octanol–water partition coefficient (Wildman–Crippen LogP) is 5.49. The fourth-order valence-corrected chi connectivity index (χ4v) is 3.15. The minimum Gasteiger partial charge on any atom is -0.491 e. The highest BCUT2D eigenvalue weighted by molar-refractivity contribution is 5.65. The molecule has 0 unspecified atom stereocenters. The van der Waals surface area contributed by atoms with Crippen LogP contribution in [0.15, 0.2) is 36.4 Å². The molecule has 26 heavy (non-hydrogen) atoms. The van der Waals surface area contributed by atoms with Gasteiger partial charge in [0.2, 0.25) is 5.82 Å². The summed E-state index contributed by atoms with van der Waals surface area (Å²) in [5, 5.41) is 0. The second-order valence-electron chi connectivity index (χ2n) is 6.45. The van der Waals surface area contributed by atoms with Crippen molar-refractivity contribution in [2.75, 3.05) is 19.8 Å². The Balaban J connectivity index is 1.73. The van der Waals surface area contributed by atoms with Crippen molar-refractivity contribution >= 4 is 0 Å². The van der Waals surface area contributed by atoms with Gasteiger partial charge in [0.05, 0.1) is 19.8 Å². The van der Waals surface area contributed by atoms with E-state index < -0.39 is 17.9 Å². The lowest BCUT2D eigenvalue weighted by Crippen LogP contribution is -2.26. The molecule has 2 aromatic rings. The summed E-state index contributed by atoms with van der Waals surface area (Å²) in [5.74, 6) is -1.50. The highest BCUT2D eigenvalue weighted by atomic mass is 19.2. The molecule has 5 heteroatoms. The number of hydrogen-bond acceptors (Lipinski definition) is 3. The van der Waals surface area contributed by atoms with Crippen LogP contribution in [-0.4, -0.2) is 19.8 Å². The molecular weight excluding hydrogens is 338 g/mol. The Morgan fingerprint density at radius 2 is 1.65 bits per heavy atom. The third-order valence-corrected chi connectivity index (χ3v) is 4.50. The zero-order valence-electron chi connectivity index (χ0n) is 15.1. The van der Waals surface area contributed by atoms with E-state index in [1.807, 2.05) is 12.1 Å². The van der Waals surface area contributed by atoms with Gasteiger partial charge in [0.1, 0.15) is 0 Å². The highest BCUT2D eigenvalue weighted by Gasteiger charge is 2.23. The van der Waals surface area contributed by atoms with Crippen molar-refractivity contribution < 1.29 is 23.0 Å². The predicted molar refractivity (Wildman–Crippen MR) is 96.0 cm³/mol. The lowest BCUT2D eigenvalue weighted by molar-refractivity contribution is -0.206. The summed E-state index contributed by atoms with van der Waals surface area (Å²) in [7, 11) is 0. The third-order valence-electron chi connectivity index (χ3n) is 4.50. The summed E-state index contributed by atoms with van der Waals surface area (Å²) in [4.78, 5) is 0. The minimum atomic E-state index is -0.964. The van der Waals surface area contributed by atoms with Gasteiger partial charge in [0.25, 0.3) is 0 Å². The molecule has 1 heterocycles. The Labute approximate surface area is 152 Å². The first kappa shape index (κ1) is 18.8. The van der Waals surface area contributed by atoms with Gasteiger partial charge in [0.15, 0.2) is 17.9 Å². The Hall–Kier alpha value is -1.98. The first-order valence-corrected chi connectivity index (χ1v) is 9.08. The topological polar surface area (TPSA) is 27.7 Å². The maximum atomic E-state index is 14.3. The van der Waals surface area contributed by atoms with E-state index in [1.54, 1.807) is 19.1 Å². The Morgan fingerprint density at radius 3 is 2.27 bits per heavy atom. The molecule has 0 N–H and O–H groups in total. The molecule has 140 valence electrons. The van der Waals surface area contributed by atoms with E-state index in [0.29, 0.717) is 24.7 Å². The maximum absolute atomic E-state index is 14.3. The quantitative estimate of drug-likeness (QED) is 0.680. The van der Waals surface area contributed by atoms with Crippen LogP contribution in [-0.2, 0) is 9.47 Å². The molecule has 0 radical (unpaired) electrons. The molecule has 0 bridgehead atoms. The summed E-state index contributed by atoms with van der Waals surface area (Å²) >= 11 is 0. The summed E-state index contributed by atoms with van der Waals surface area (Å²) < 4.78 is 45.1. The van der Waals surface area contributed by atoms with Crippen LogP contribution >= 0.6 is 0 Å². The third kappa shape index (κ3) is 4.05. The lowest BCUT2D eigenvalue weighted by Gasteiger charge is -2.29. The molecule has 1 fully saturated rings. The van der Waals surface area contributed by atoms with Gasteiger partial charge in [0, 0.05) is 17.0 Å². The molecule has 1 saturated heterocycles. The zero-order valence-corrected chi connectivity index (χ0v) is 15.1. The van der Waals surface area contributed by atoms with E-state index in [1.165, 1.54) is 12.1 Å². The van der Waals surface area contributed by atoms with Crippen molar-refractivity contribution in [3.63, 3.8) is 0 Å². The second-order valence-corrected chi connectivity index (χ2v) is 6.45. The second kappa shape index (κ2) is 8.60. The monoisotopic (exact) mass is 362 g/mol. The number of hydrogen-bond donors (Lipinski definition) is 0. The van der Waals surface area contributed by atoms with E-state index in [0.717, 1.165) is 18.4 Å². The van der Waals surface area contributed by atoms with Gasteiger partial charge in [-0.2, -0.15) is 4.39 Å². The average molecular weight is 362 g/mol. The molecule has 0 saturated carbocycles. The molecule has 3 rings (SSSR count). The summed E-state index contributed by atoms with van der Waals surface area (Å²) in [5.41, 5.74) is 1.66. The number of ether oxygens (including phenoxy) is 3. The molecule has 0 aliphatic carbocycles. The van der Waals surface area contributed by atoms with E-state index >= 15 is 0 Å². The highest BCUT2D eigenvalue weighted by Crippen LogP contribution is 2.32. The van der Waals surface area contributed by atoms with E-state index in [4.69, 9.17) is 14.2 Å². The smallest absolute Gasteiger partial charge is 0.201 e. The van der Waals surface area contributed by atoms with E-state index in [-0.39, 0.29) is 17.9 Å². The lowest BCUT2D eigenvalue weighted by atomic mass is 10.0. The zero-order chi connectivity index (χ0) is 18.5. The molecule has 1 aliphatic rings. The summed E-state index contributed by atoms with van der Waals surface area (Å²) in [6.45, 7) is 5.51. The van der Waals surface area contributed by atoms with Crippen LogP contribution < -0.4 is 4.74 Å². The number of halogens is 2. The van der Waals surface area contributed by atoms with Gasteiger partial charge >= 0.3 is 0 Å². The molecule has 0 spiro atoms. The molecule has 2 aromatic carbocycles. The van der Waals surface area contributed by atoms with Crippen molar-refractivity contribution in [1.82, 2.24) is 0 Å². The first-order chi connectivity index (χ1) is 12.6. The van der Waals surface area contributed by atoms with Crippen LogP contribution in [0.2, 0.25) is 0 Å². The summed E-state index contributed by atoms with van der Waals surface area (Å²) in [6, 6.07) is 10.1. The number of rotatable bonds is 6. The van der Waals surface area contributed by atoms with Crippen LogP contribution in [0.5, 0.6) is 5.75 Å². The van der Waals surface area contributed by atoms with Gasteiger partial charge in [-0.15, -0.1) is 0 Å². The molecule has 3 nitrogen and oxygen atoms in total. The van der Waals surface area contributed by atoms with Crippen molar-refractivity contribution in [2.24, 2.45) is 5.92 Å². The number of benzene rings is 2. The van der Waals surface area contributed by atoms with Crippen LogP contribution in [0.1, 0.15) is 38.5 Å². The van der Waals surface area contributed by atoms with Crippen molar-refractivity contribution in [1.29, 1.82) is 0 Å². The summed E-state index contributed by atoms with van der Waals surface area (Å²) in [6.07, 6.45) is 1.80. The molecule has 1 aliphatic heterocycles. The largest absolute Gasteiger partial charge is 0.491 e. The Kier molecular flexibility index (Phi) is 6.22. The van der Waals surface area contributed by atoms with E-state index in [2.05, 4.69) is 6.92 Å². The van der Waals surface area contributed by atoms with Crippen LogP contribution in [0.3, 0.4) is 0 Å². The van der Waals surface area contributed by atoms with Gasteiger partial charge in [-0.3, -0.25) is 0 Å². The molecule has 0 amide bonds. The Bertz CT molecular complexity index is 723. The van der Waals surface area contributed by atoms with Crippen molar-refractivity contribution in [2.45, 2.75) is 33.0 Å². The average Bonchev–Trinajstić information content (AvgIpc) is 2.67. The molecule has 0 aromatic heterocycles. The molecule has 0 atom stereocenters. The van der Waals surface area contributed by atoms with Crippen LogP contribution in [0, 0.1) is 17.6 Å². The minimum absolute atomic E-state index is 0.0731. The van der Waals surface area contributed by atoms with E-state index in [9.17, 15) is 8.78 Å². The molecular formula is C21H24F2O3.